The van der Waals surface area contributed by atoms with Crippen LogP contribution in [0.25, 0.3) is 0 Å². The summed E-state index contributed by atoms with van der Waals surface area (Å²) in [6.45, 7) is 3.12. The van der Waals surface area contributed by atoms with Gasteiger partial charge in [0.15, 0.2) is 0 Å². The standard InChI is InChI=1S/C21H27N3O3S2/c25-21(20-19(10-14-28-20)29(26,27)24-12-4-5-13-24)23-11-6-9-18(16-23)22-15-17-7-2-1-3-8-17/h1-3,7-8,10,14,18,22H,4-6,9,11-13,15-16H2/t18-/m1/s1. The van der Waals surface area contributed by atoms with Crippen molar-refractivity contribution in [2.24, 2.45) is 0 Å². The van der Waals surface area contributed by atoms with Crippen LogP contribution in [-0.2, 0) is 16.6 Å². The monoisotopic (exact) mass is 433 g/mol. The van der Waals surface area contributed by atoms with Gasteiger partial charge in [0.05, 0.1) is 0 Å². The lowest BCUT2D eigenvalue weighted by Gasteiger charge is -2.33. The smallest absolute Gasteiger partial charge is 0.265 e. The molecule has 0 spiro atoms. The Labute approximate surface area is 176 Å². The first-order chi connectivity index (χ1) is 14.1. The van der Waals surface area contributed by atoms with Crippen molar-refractivity contribution in [1.82, 2.24) is 14.5 Å². The number of thiophene rings is 1. The van der Waals surface area contributed by atoms with E-state index in [0.717, 1.165) is 32.2 Å². The van der Waals surface area contributed by atoms with E-state index in [4.69, 9.17) is 0 Å². The van der Waals surface area contributed by atoms with E-state index in [1.807, 2.05) is 18.2 Å². The zero-order valence-electron chi connectivity index (χ0n) is 16.4. The van der Waals surface area contributed by atoms with E-state index in [1.54, 1.807) is 16.3 Å². The van der Waals surface area contributed by atoms with Gasteiger partial charge in [-0.15, -0.1) is 11.3 Å². The fourth-order valence-corrected chi connectivity index (χ4v) is 6.93. The summed E-state index contributed by atoms with van der Waals surface area (Å²) in [5.41, 5.74) is 1.22. The normalized spacial score (nSPS) is 20.8. The highest BCUT2D eigenvalue weighted by atomic mass is 32.2. The van der Waals surface area contributed by atoms with Crippen molar-refractivity contribution >= 4 is 27.3 Å². The number of hydrogen-bond acceptors (Lipinski definition) is 5. The van der Waals surface area contributed by atoms with E-state index >= 15 is 0 Å². The maximum atomic E-state index is 13.2. The van der Waals surface area contributed by atoms with Crippen LogP contribution >= 0.6 is 11.3 Å². The van der Waals surface area contributed by atoms with Crippen LogP contribution in [0.3, 0.4) is 0 Å². The zero-order valence-corrected chi connectivity index (χ0v) is 18.1. The number of piperidine rings is 1. The van der Waals surface area contributed by atoms with Crippen molar-refractivity contribution in [3.63, 3.8) is 0 Å². The summed E-state index contributed by atoms with van der Waals surface area (Å²) >= 11 is 1.23. The number of carbonyl (C=O) groups is 1. The fourth-order valence-electron chi connectivity index (χ4n) is 4.05. The van der Waals surface area contributed by atoms with Crippen molar-refractivity contribution in [1.29, 1.82) is 0 Å². The van der Waals surface area contributed by atoms with Crippen LogP contribution < -0.4 is 5.32 Å². The van der Waals surface area contributed by atoms with Gasteiger partial charge < -0.3 is 10.2 Å². The van der Waals surface area contributed by atoms with Gasteiger partial charge in [0.2, 0.25) is 10.0 Å². The molecule has 8 heteroatoms. The number of sulfonamides is 1. The van der Waals surface area contributed by atoms with Crippen LogP contribution in [0.2, 0.25) is 0 Å². The summed E-state index contributed by atoms with van der Waals surface area (Å²) < 4.78 is 27.5. The molecule has 2 fully saturated rings. The van der Waals surface area contributed by atoms with Crippen LogP contribution in [-0.4, -0.2) is 55.8 Å². The van der Waals surface area contributed by atoms with Gasteiger partial charge in [-0.05, 0) is 42.7 Å². The van der Waals surface area contributed by atoms with Crippen molar-refractivity contribution in [3.8, 4) is 0 Å². The molecular weight excluding hydrogens is 406 g/mol. The van der Waals surface area contributed by atoms with Gasteiger partial charge in [-0.1, -0.05) is 30.3 Å². The Kier molecular flexibility index (Phi) is 6.34. The summed E-state index contributed by atoms with van der Waals surface area (Å²) in [6, 6.07) is 12.0. The molecule has 0 saturated carbocycles. The average Bonchev–Trinajstić information content (AvgIpc) is 3.45. The summed E-state index contributed by atoms with van der Waals surface area (Å²) in [7, 11) is -3.59. The molecule has 3 heterocycles. The SMILES string of the molecule is O=C(c1sccc1S(=O)(=O)N1CCCC1)N1CCC[C@@H](NCc2ccccc2)C1. The average molecular weight is 434 g/mol. The molecule has 1 aromatic carbocycles. The minimum Gasteiger partial charge on any atom is -0.336 e. The zero-order chi connectivity index (χ0) is 20.3. The third-order valence-electron chi connectivity index (χ3n) is 5.65. The van der Waals surface area contributed by atoms with Gasteiger partial charge in [-0.2, -0.15) is 4.31 Å². The summed E-state index contributed by atoms with van der Waals surface area (Å²) in [5.74, 6) is -0.163. The number of hydrogen-bond donors (Lipinski definition) is 1. The van der Waals surface area contributed by atoms with Gasteiger partial charge in [0.1, 0.15) is 9.77 Å². The Bertz CT molecular complexity index is 937. The van der Waals surface area contributed by atoms with E-state index in [9.17, 15) is 13.2 Å². The molecule has 0 radical (unpaired) electrons. The highest BCUT2D eigenvalue weighted by molar-refractivity contribution is 7.89. The number of rotatable bonds is 6. The maximum Gasteiger partial charge on any atom is 0.265 e. The van der Waals surface area contributed by atoms with Crippen LogP contribution in [0.15, 0.2) is 46.7 Å². The Morgan fingerprint density at radius 1 is 1.07 bits per heavy atom. The maximum absolute atomic E-state index is 13.2. The second-order valence-electron chi connectivity index (χ2n) is 7.68. The molecule has 29 heavy (non-hydrogen) atoms. The highest BCUT2D eigenvalue weighted by Gasteiger charge is 2.34. The van der Waals surface area contributed by atoms with Crippen molar-refractivity contribution in [2.45, 2.75) is 43.2 Å². The van der Waals surface area contributed by atoms with E-state index in [-0.39, 0.29) is 16.8 Å². The Morgan fingerprint density at radius 2 is 1.83 bits per heavy atom. The molecule has 1 atom stereocenters. The molecule has 1 amide bonds. The molecule has 1 N–H and O–H groups in total. The number of likely N-dealkylation sites (tertiary alicyclic amines) is 1. The molecule has 1 aromatic heterocycles. The van der Waals surface area contributed by atoms with E-state index in [0.29, 0.717) is 31.1 Å². The Morgan fingerprint density at radius 3 is 2.59 bits per heavy atom. The minimum atomic E-state index is -3.59. The number of carbonyl (C=O) groups excluding carboxylic acids is 1. The van der Waals surface area contributed by atoms with Crippen LogP contribution in [0, 0.1) is 0 Å². The summed E-state index contributed by atoms with van der Waals surface area (Å²) in [4.78, 5) is 15.5. The van der Waals surface area contributed by atoms with E-state index in [1.165, 1.54) is 21.2 Å². The topological polar surface area (TPSA) is 69.7 Å². The molecule has 6 nitrogen and oxygen atoms in total. The third-order valence-corrected chi connectivity index (χ3v) is 8.63. The minimum absolute atomic E-state index is 0.163. The van der Waals surface area contributed by atoms with Crippen molar-refractivity contribution in [3.05, 3.63) is 52.2 Å². The molecule has 4 rings (SSSR count). The number of amides is 1. The Balaban J connectivity index is 1.44. The highest BCUT2D eigenvalue weighted by Crippen LogP contribution is 2.29. The quantitative estimate of drug-likeness (QED) is 0.761. The van der Waals surface area contributed by atoms with Gasteiger partial charge in [-0.3, -0.25) is 4.79 Å². The van der Waals surface area contributed by atoms with E-state index in [2.05, 4.69) is 17.4 Å². The number of nitrogens with zero attached hydrogens (tertiary/aromatic N) is 2. The molecule has 2 saturated heterocycles. The largest absolute Gasteiger partial charge is 0.336 e. The molecule has 2 aliphatic heterocycles. The molecule has 156 valence electrons. The second kappa shape index (κ2) is 8.95. The molecule has 0 aliphatic carbocycles. The first kappa shape index (κ1) is 20.5. The van der Waals surface area contributed by atoms with Gasteiger partial charge in [0.25, 0.3) is 5.91 Å². The first-order valence-corrected chi connectivity index (χ1v) is 12.5. The number of nitrogens with one attached hydrogen (secondary N) is 1. The lowest BCUT2D eigenvalue weighted by molar-refractivity contribution is 0.0695. The predicted octanol–water partition coefficient (Wildman–Crippen LogP) is 2.93. The fraction of sp³-hybridized carbons (Fsp3) is 0.476. The lowest BCUT2D eigenvalue weighted by Crippen LogP contribution is -2.47. The number of benzene rings is 1. The molecular formula is C21H27N3O3S2. The Hall–Kier alpha value is -1.74. The van der Waals surface area contributed by atoms with E-state index < -0.39 is 10.0 Å². The first-order valence-electron chi connectivity index (χ1n) is 10.2. The van der Waals surface area contributed by atoms with Crippen molar-refractivity contribution < 1.29 is 13.2 Å². The molecule has 0 bridgehead atoms. The summed E-state index contributed by atoms with van der Waals surface area (Å²) in [5, 5.41) is 5.25. The van der Waals surface area contributed by atoms with Crippen LogP contribution in [0.4, 0.5) is 0 Å². The second-order valence-corrected chi connectivity index (χ2v) is 10.5. The van der Waals surface area contributed by atoms with Crippen molar-refractivity contribution in [2.75, 3.05) is 26.2 Å². The van der Waals surface area contributed by atoms with Crippen LogP contribution in [0.5, 0.6) is 0 Å². The lowest BCUT2D eigenvalue weighted by atomic mass is 10.0. The van der Waals surface area contributed by atoms with Gasteiger partial charge in [-0.25, -0.2) is 8.42 Å². The summed E-state index contributed by atoms with van der Waals surface area (Å²) in [6.07, 6.45) is 3.69. The van der Waals surface area contributed by atoms with Gasteiger partial charge >= 0.3 is 0 Å². The van der Waals surface area contributed by atoms with Gasteiger partial charge in [0, 0.05) is 38.8 Å². The predicted molar refractivity (Wildman–Crippen MR) is 115 cm³/mol. The third kappa shape index (κ3) is 4.55. The molecule has 2 aliphatic rings. The molecule has 2 aromatic rings. The van der Waals surface area contributed by atoms with Crippen LogP contribution in [0.1, 0.15) is 40.9 Å². The molecule has 0 unspecified atom stereocenters.